The highest BCUT2D eigenvalue weighted by atomic mass is 16.5. The molecule has 0 saturated heterocycles. The van der Waals surface area contributed by atoms with Gasteiger partial charge in [-0.2, -0.15) is 4.98 Å². The lowest BCUT2D eigenvalue weighted by atomic mass is 10.1. The molecule has 2 amide bonds. The molecule has 10 heteroatoms. The maximum Gasteiger partial charge on any atom is 0.330 e. The van der Waals surface area contributed by atoms with Crippen molar-refractivity contribution in [2.75, 3.05) is 20.3 Å². The number of ether oxygens (including phenoxy) is 2. The zero-order valence-corrected chi connectivity index (χ0v) is 21.4. The van der Waals surface area contributed by atoms with Gasteiger partial charge < -0.3 is 9.47 Å². The van der Waals surface area contributed by atoms with Crippen LogP contribution in [-0.2, 0) is 13.1 Å². The number of hydrogen-bond donors (Lipinski definition) is 0. The van der Waals surface area contributed by atoms with Gasteiger partial charge in [0.25, 0.3) is 11.8 Å². The van der Waals surface area contributed by atoms with Crippen LogP contribution in [0.25, 0.3) is 11.2 Å². The van der Waals surface area contributed by atoms with E-state index in [0.29, 0.717) is 41.9 Å². The van der Waals surface area contributed by atoms with Gasteiger partial charge in [0.05, 0.1) is 37.6 Å². The Morgan fingerprint density at radius 3 is 2.24 bits per heavy atom. The number of aromatic nitrogens is 4. The summed E-state index contributed by atoms with van der Waals surface area (Å²) in [5.41, 5.74) is 2.51. The average molecular weight is 516 g/mol. The molecule has 1 aliphatic rings. The molecule has 0 spiro atoms. The first-order valence-electron chi connectivity index (χ1n) is 12.7. The fraction of sp³-hybridized carbons (Fsp3) is 0.321. The van der Waals surface area contributed by atoms with E-state index in [1.165, 1.54) is 4.90 Å². The molecule has 2 aromatic carbocycles. The van der Waals surface area contributed by atoms with E-state index in [4.69, 9.17) is 9.47 Å². The molecule has 0 fully saturated rings. The Morgan fingerprint density at radius 2 is 1.58 bits per heavy atom. The van der Waals surface area contributed by atoms with Gasteiger partial charge in [-0.05, 0) is 42.7 Å². The smallest absolute Gasteiger partial charge is 0.330 e. The second kappa shape index (κ2) is 10.9. The van der Waals surface area contributed by atoms with E-state index >= 15 is 0 Å². The predicted octanol–water partition coefficient (Wildman–Crippen LogP) is 3.52. The number of carbonyl (C=O) groups excluding carboxylic acids is 2. The topological polar surface area (TPSA) is 109 Å². The number of imidazole rings is 1. The van der Waals surface area contributed by atoms with Gasteiger partial charge in [0.15, 0.2) is 5.65 Å². The maximum absolute atomic E-state index is 13.6. The van der Waals surface area contributed by atoms with Crippen LogP contribution in [0.15, 0.2) is 59.5 Å². The molecular weight excluding hydrogens is 486 g/mol. The molecule has 0 atom stereocenters. The molecule has 0 N–H and O–H groups in total. The standard InChI is InChI=1S/C28H29N5O5/c1-3-4-16-38-27-29-17-23-24(30-27)33(18-19-10-12-20(37-2)13-11-19)28(36)31(23)14-7-15-32-25(34)21-8-5-6-9-22(21)26(32)35/h5-6,8-13,17H,3-4,7,14-16,18H2,1-2H3. The minimum absolute atomic E-state index is 0.197. The lowest BCUT2D eigenvalue weighted by Crippen LogP contribution is -2.32. The Balaban J connectivity index is 1.41. The summed E-state index contributed by atoms with van der Waals surface area (Å²) in [7, 11) is 1.60. The van der Waals surface area contributed by atoms with Crippen LogP contribution in [0, 0.1) is 0 Å². The summed E-state index contributed by atoms with van der Waals surface area (Å²) >= 11 is 0. The number of imide groups is 1. The molecular formula is C28H29N5O5. The summed E-state index contributed by atoms with van der Waals surface area (Å²) in [5, 5.41) is 0. The van der Waals surface area contributed by atoms with Crippen molar-refractivity contribution < 1.29 is 19.1 Å². The van der Waals surface area contributed by atoms with Crippen LogP contribution in [0.4, 0.5) is 0 Å². The highest BCUT2D eigenvalue weighted by Crippen LogP contribution is 2.23. The second-order valence-corrected chi connectivity index (χ2v) is 9.09. The first-order valence-corrected chi connectivity index (χ1v) is 12.7. The second-order valence-electron chi connectivity index (χ2n) is 9.09. The van der Waals surface area contributed by atoms with Crippen molar-refractivity contribution in [1.29, 1.82) is 0 Å². The number of nitrogens with zero attached hydrogens (tertiary/aromatic N) is 5. The fourth-order valence-electron chi connectivity index (χ4n) is 4.56. The largest absolute Gasteiger partial charge is 0.497 e. The number of methoxy groups -OCH3 is 1. The summed E-state index contributed by atoms with van der Waals surface area (Å²) in [6, 6.07) is 14.5. The van der Waals surface area contributed by atoms with Crippen molar-refractivity contribution in [2.45, 2.75) is 39.3 Å². The molecule has 3 heterocycles. The quantitative estimate of drug-likeness (QED) is 0.222. The molecule has 196 valence electrons. The molecule has 5 rings (SSSR count). The lowest BCUT2D eigenvalue weighted by Gasteiger charge is -2.13. The van der Waals surface area contributed by atoms with Gasteiger partial charge in [-0.25, -0.2) is 9.78 Å². The summed E-state index contributed by atoms with van der Waals surface area (Å²) in [6.45, 7) is 3.35. The molecule has 0 bridgehead atoms. The summed E-state index contributed by atoms with van der Waals surface area (Å²) in [5.74, 6) is 0.111. The Kier molecular flexibility index (Phi) is 7.21. The highest BCUT2D eigenvalue weighted by Gasteiger charge is 2.34. The normalized spacial score (nSPS) is 12.8. The Bertz CT molecular complexity index is 1500. The van der Waals surface area contributed by atoms with Crippen molar-refractivity contribution in [3.63, 3.8) is 0 Å². The highest BCUT2D eigenvalue weighted by molar-refractivity contribution is 6.21. The molecule has 10 nitrogen and oxygen atoms in total. The zero-order valence-electron chi connectivity index (χ0n) is 21.4. The Morgan fingerprint density at radius 1 is 0.868 bits per heavy atom. The van der Waals surface area contributed by atoms with E-state index in [1.807, 2.05) is 24.3 Å². The van der Waals surface area contributed by atoms with Crippen LogP contribution in [0.2, 0.25) is 0 Å². The van der Waals surface area contributed by atoms with Gasteiger partial charge in [0, 0.05) is 13.1 Å². The van der Waals surface area contributed by atoms with Crippen molar-refractivity contribution in [1.82, 2.24) is 24.0 Å². The third-order valence-corrected chi connectivity index (χ3v) is 6.61. The van der Waals surface area contributed by atoms with Gasteiger partial charge in [-0.1, -0.05) is 37.6 Å². The zero-order chi connectivity index (χ0) is 26.6. The summed E-state index contributed by atoms with van der Waals surface area (Å²) in [4.78, 5) is 49.1. The summed E-state index contributed by atoms with van der Waals surface area (Å²) < 4.78 is 14.1. The van der Waals surface area contributed by atoms with E-state index in [1.54, 1.807) is 46.7 Å². The minimum atomic E-state index is -0.308. The number of benzene rings is 2. The molecule has 38 heavy (non-hydrogen) atoms. The van der Waals surface area contributed by atoms with Gasteiger partial charge in [-0.3, -0.25) is 23.6 Å². The van der Waals surface area contributed by atoms with Crippen molar-refractivity contribution in [3.8, 4) is 11.8 Å². The molecule has 4 aromatic rings. The number of rotatable bonds is 11. The Hall–Kier alpha value is -4.47. The van der Waals surface area contributed by atoms with Crippen LogP contribution >= 0.6 is 0 Å². The number of aryl methyl sites for hydroxylation is 1. The number of amides is 2. The molecule has 0 aliphatic carbocycles. The van der Waals surface area contributed by atoms with Crippen LogP contribution in [0.5, 0.6) is 11.8 Å². The molecule has 1 aliphatic heterocycles. The van der Waals surface area contributed by atoms with E-state index < -0.39 is 0 Å². The molecule has 0 radical (unpaired) electrons. The lowest BCUT2D eigenvalue weighted by molar-refractivity contribution is 0.0650. The van der Waals surface area contributed by atoms with E-state index in [2.05, 4.69) is 16.9 Å². The van der Waals surface area contributed by atoms with Gasteiger partial charge >= 0.3 is 11.7 Å². The first-order chi connectivity index (χ1) is 18.5. The fourth-order valence-corrected chi connectivity index (χ4v) is 4.56. The van der Waals surface area contributed by atoms with Gasteiger partial charge in [-0.15, -0.1) is 0 Å². The van der Waals surface area contributed by atoms with Gasteiger partial charge in [0.1, 0.15) is 11.3 Å². The van der Waals surface area contributed by atoms with E-state index in [0.717, 1.165) is 24.2 Å². The first kappa shape index (κ1) is 25.2. The number of hydrogen-bond acceptors (Lipinski definition) is 7. The number of unbranched alkanes of at least 4 members (excludes halogenated alkanes) is 1. The van der Waals surface area contributed by atoms with Crippen LogP contribution in [0.3, 0.4) is 0 Å². The van der Waals surface area contributed by atoms with Crippen LogP contribution in [0.1, 0.15) is 52.5 Å². The predicted molar refractivity (Wildman–Crippen MR) is 141 cm³/mol. The van der Waals surface area contributed by atoms with Crippen molar-refractivity contribution in [3.05, 3.63) is 81.9 Å². The monoisotopic (exact) mass is 515 g/mol. The third-order valence-electron chi connectivity index (χ3n) is 6.61. The van der Waals surface area contributed by atoms with Gasteiger partial charge in [0.2, 0.25) is 0 Å². The average Bonchev–Trinajstić information content (AvgIpc) is 3.34. The Labute approximate surface area is 219 Å². The SMILES string of the molecule is CCCCOc1ncc2c(n1)n(Cc1ccc(OC)cc1)c(=O)n2CCCN1C(=O)c2ccccc2C1=O. The number of carbonyl (C=O) groups is 2. The van der Waals surface area contributed by atoms with Crippen molar-refractivity contribution in [2.24, 2.45) is 0 Å². The number of fused-ring (bicyclic) bond motifs is 2. The molecule has 0 saturated carbocycles. The van der Waals surface area contributed by atoms with E-state index in [-0.39, 0.29) is 36.6 Å². The van der Waals surface area contributed by atoms with E-state index in [9.17, 15) is 14.4 Å². The van der Waals surface area contributed by atoms with Crippen LogP contribution < -0.4 is 15.2 Å². The summed E-state index contributed by atoms with van der Waals surface area (Å²) in [6.07, 6.45) is 3.85. The van der Waals surface area contributed by atoms with Crippen molar-refractivity contribution >= 4 is 23.0 Å². The third kappa shape index (κ3) is 4.77. The van der Waals surface area contributed by atoms with Crippen LogP contribution in [-0.4, -0.2) is 56.1 Å². The molecule has 2 aromatic heterocycles. The minimum Gasteiger partial charge on any atom is -0.497 e. The maximum atomic E-state index is 13.6. The molecule has 0 unspecified atom stereocenters.